The van der Waals surface area contributed by atoms with Crippen molar-refractivity contribution in [3.63, 3.8) is 0 Å². The van der Waals surface area contributed by atoms with Gasteiger partial charge in [0.15, 0.2) is 0 Å². The normalized spacial score (nSPS) is 25.3. The van der Waals surface area contributed by atoms with Crippen LogP contribution in [0.3, 0.4) is 0 Å². The van der Waals surface area contributed by atoms with E-state index >= 15 is 0 Å². The van der Waals surface area contributed by atoms with Gasteiger partial charge in [-0.2, -0.15) is 0 Å². The van der Waals surface area contributed by atoms with Gasteiger partial charge in [0.1, 0.15) is 6.17 Å². The van der Waals surface area contributed by atoms with E-state index in [1.54, 1.807) is 11.3 Å². The van der Waals surface area contributed by atoms with Crippen LogP contribution in [-0.4, -0.2) is 23.9 Å². The molecule has 0 spiro atoms. The number of hydrogen-bond donors (Lipinski definition) is 1. The first kappa shape index (κ1) is 12.2. The molecular weight excluding hydrogens is 244 g/mol. The second kappa shape index (κ2) is 5.02. The predicted octanol–water partition coefficient (Wildman–Crippen LogP) is 2.68. The third kappa shape index (κ3) is 2.31. The topological polar surface area (TPSA) is 32.3 Å². The van der Waals surface area contributed by atoms with Crippen molar-refractivity contribution >= 4 is 17.2 Å². The van der Waals surface area contributed by atoms with Gasteiger partial charge in [0.05, 0.1) is 6.54 Å². The van der Waals surface area contributed by atoms with Crippen molar-refractivity contribution in [3.05, 3.63) is 21.9 Å². The average molecular weight is 264 g/mol. The van der Waals surface area contributed by atoms with Crippen LogP contribution in [-0.2, 0) is 4.79 Å². The van der Waals surface area contributed by atoms with Crippen molar-refractivity contribution in [2.45, 2.75) is 38.8 Å². The van der Waals surface area contributed by atoms with Gasteiger partial charge >= 0.3 is 0 Å². The van der Waals surface area contributed by atoms with Crippen LogP contribution in [0.4, 0.5) is 0 Å². The standard InChI is InChI=1S/C14H20N2OS/c1-10-6-7-12(18-10)14-15-8-13(17)16(14)9-11-4-2-3-5-11/h6-7,11,14-15H,2-5,8-9H2,1H3. The number of thiophene rings is 1. The fourth-order valence-corrected chi connectivity index (χ4v) is 4.04. The van der Waals surface area contributed by atoms with Crippen molar-refractivity contribution < 1.29 is 4.79 Å². The molecule has 1 aliphatic heterocycles. The molecule has 18 heavy (non-hydrogen) atoms. The summed E-state index contributed by atoms with van der Waals surface area (Å²) in [6, 6.07) is 4.29. The third-order valence-corrected chi connectivity index (χ3v) is 5.09. The molecule has 1 N–H and O–H groups in total. The van der Waals surface area contributed by atoms with Crippen LogP contribution in [0.15, 0.2) is 12.1 Å². The van der Waals surface area contributed by atoms with Crippen molar-refractivity contribution in [1.82, 2.24) is 10.2 Å². The summed E-state index contributed by atoms with van der Waals surface area (Å²) in [6.07, 6.45) is 5.38. The summed E-state index contributed by atoms with van der Waals surface area (Å²) < 4.78 is 0. The Labute approximate surface area is 112 Å². The molecule has 0 bridgehead atoms. The van der Waals surface area contributed by atoms with Crippen LogP contribution in [0.2, 0.25) is 0 Å². The van der Waals surface area contributed by atoms with Gasteiger partial charge in [-0.3, -0.25) is 10.1 Å². The quantitative estimate of drug-likeness (QED) is 0.910. The summed E-state index contributed by atoms with van der Waals surface area (Å²) in [7, 11) is 0. The molecule has 1 amide bonds. The van der Waals surface area contributed by atoms with E-state index in [9.17, 15) is 4.79 Å². The van der Waals surface area contributed by atoms with E-state index in [2.05, 4.69) is 29.3 Å². The summed E-state index contributed by atoms with van der Waals surface area (Å²) in [5.74, 6) is 0.982. The SMILES string of the molecule is Cc1ccc(C2NCC(=O)N2CC2CCCC2)s1. The number of nitrogens with one attached hydrogen (secondary N) is 1. The lowest BCUT2D eigenvalue weighted by Crippen LogP contribution is -2.33. The zero-order chi connectivity index (χ0) is 12.5. The van der Waals surface area contributed by atoms with Crippen LogP contribution in [0.5, 0.6) is 0 Å². The Bertz CT molecular complexity index is 437. The molecule has 1 atom stereocenters. The number of carbonyl (C=O) groups excluding carboxylic acids is 1. The minimum atomic E-state index is 0.122. The molecule has 1 saturated heterocycles. The maximum Gasteiger partial charge on any atom is 0.238 e. The number of carbonyl (C=O) groups is 1. The van der Waals surface area contributed by atoms with E-state index in [0.717, 1.165) is 12.5 Å². The van der Waals surface area contributed by atoms with Crippen molar-refractivity contribution in [1.29, 1.82) is 0 Å². The molecule has 1 saturated carbocycles. The minimum absolute atomic E-state index is 0.122. The molecular formula is C14H20N2OS. The highest BCUT2D eigenvalue weighted by Gasteiger charge is 2.34. The molecule has 1 aromatic rings. The molecule has 1 aliphatic carbocycles. The number of hydrogen-bond acceptors (Lipinski definition) is 3. The Balaban J connectivity index is 1.74. The molecule has 1 unspecified atom stereocenters. The fraction of sp³-hybridized carbons (Fsp3) is 0.643. The second-order valence-corrected chi connectivity index (χ2v) is 6.75. The Morgan fingerprint density at radius 3 is 2.83 bits per heavy atom. The molecule has 98 valence electrons. The van der Waals surface area contributed by atoms with Crippen LogP contribution in [0.1, 0.15) is 41.6 Å². The molecule has 2 heterocycles. The smallest absolute Gasteiger partial charge is 0.238 e. The summed E-state index contributed by atoms with van der Waals surface area (Å²) in [4.78, 5) is 16.7. The highest BCUT2D eigenvalue weighted by Crippen LogP contribution is 2.32. The zero-order valence-corrected chi connectivity index (χ0v) is 11.6. The first-order chi connectivity index (χ1) is 8.74. The Morgan fingerprint density at radius 1 is 1.39 bits per heavy atom. The van der Waals surface area contributed by atoms with Crippen LogP contribution < -0.4 is 5.32 Å². The van der Waals surface area contributed by atoms with Gasteiger partial charge in [0, 0.05) is 16.3 Å². The summed E-state index contributed by atoms with van der Waals surface area (Å²) >= 11 is 1.79. The van der Waals surface area contributed by atoms with Gasteiger partial charge in [-0.05, 0) is 37.8 Å². The average Bonchev–Trinajstić information content (AvgIpc) is 3.04. The number of rotatable bonds is 3. The summed E-state index contributed by atoms with van der Waals surface area (Å²) in [5.41, 5.74) is 0. The van der Waals surface area contributed by atoms with Gasteiger partial charge in [-0.25, -0.2) is 0 Å². The minimum Gasteiger partial charge on any atom is -0.321 e. The van der Waals surface area contributed by atoms with E-state index in [-0.39, 0.29) is 12.1 Å². The van der Waals surface area contributed by atoms with Crippen molar-refractivity contribution in [2.75, 3.05) is 13.1 Å². The largest absolute Gasteiger partial charge is 0.321 e. The summed E-state index contributed by atoms with van der Waals surface area (Å²) in [6.45, 7) is 3.55. The number of nitrogens with zero attached hydrogens (tertiary/aromatic N) is 1. The fourth-order valence-electron chi connectivity index (χ4n) is 3.07. The molecule has 3 nitrogen and oxygen atoms in total. The van der Waals surface area contributed by atoms with Crippen LogP contribution in [0, 0.1) is 12.8 Å². The lowest BCUT2D eigenvalue weighted by molar-refractivity contribution is -0.128. The molecule has 4 heteroatoms. The van der Waals surface area contributed by atoms with Gasteiger partial charge in [0.2, 0.25) is 5.91 Å². The number of amides is 1. The van der Waals surface area contributed by atoms with E-state index in [1.807, 2.05) is 0 Å². The van der Waals surface area contributed by atoms with Gasteiger partial charge in [-0.1, -0.05) is 12.8 Å². The maximum atomic E-state index is 12.0. The Kier molecular flexibility index (Phi) is 3.39. The first-order valence-corrected chi connectivity index (χ1v) is 7.65. The van der Waals surface area contributed by atoms with Crippen LogP contribution in [0.25, 0.3) is 0 Å². The van der Waals surface area contributed by atoms with Gasteiger partial charge < -0.3 is 4.90 Å². The summed E-state index contributed by atoms with van der Waals surface area (Å²) in [5, 5.41) is 3.35. The second-order valence-electron chi connectivity index (χ2n) is 5.43. The Hall–Kier alpha value is -0.870. The van der Waals surface area contributed by atoms with E-state index in [4.69, 9.17) is 0 Å². The molecule has 0 radical (unpaired) electrons. The molecule has 1 aromatic heterocycles. The third-order valence-electron chi connectivity index (χ3n) is 4.04. The van der Waals surface area contributed by atoms with Gasteiger partial charge in [-0.15, -0.1) is 11.3 Å². The molecule has 3 rings (SSSR count). The van der Waals surface area contributed by atoms with E-state index in [0.29, 0.717) is 6.54 Å². The highest BCUT2D eigenvalue weighted by atomic mass is 32.1. The van der Waals surface area contributed by atoms with Crippen LogP contribution >= 0.6 is 11.3 Å². The van der Waals surface area contributed by atoms with Crippen molar-refractivity contribution in [3.8, 4) is 0 Å². The number of aryl methyl sites for hydroxylation is 1. The first-order valence-electron chi connectivity index (χ1n) is 6.83. The monoisotopic (exact) mass is 264 g/mol. The zero-order valence-electron chi connectivity index (χ0n) is 10.8. The van der Waals surface area contributed by atoms with E-state index in [1.165, 1.54) is 35.4 Å². The lowest BCUT2D eigenvalue weighted by Gasteiger charge is -2.26. The maximum absolute atomic E-state index is 12.0. The van der Waals surface area contributed by atoms with E-state index < -0.39 is 0 Å². The predicted molar refractivity (Wildman–Crippen MR) is 73.5 cm³/mol. The molecule has 0 aromatic carbocycles. The molecule has 2 aliphatic rings. The van der Waals surface area contributed by atoms with Crippen molar-refractivity contribution in [2.24, 2.45) is 5.92 Å². The lowest BCUT2D eigenvalue weighted by atomic mass is 10.1. The highest BCUT2D eigenvalue weighted by molar-refractivity contribution is 7.12. The van der Waals surface area contributed by atoms with Gasteiger partial charge in [0.25, 0.3) is 0 Å². The Morgan fingerprint density at radius 2 is 2.17 bits per heavy atom. The molecule has 2 fully saturated rings.